The Morgan fingerprint density at radius 2 is 2.00 bits per heavy atom. The molecule has 0 aliphatic heterocycles. The Labute approximate surface area is 186 Å². The molecule has 0 radical (unpaired) electrons. The minimum atomic E-state index is -0.206. The number of pyridine rings is 2. The summed E-state index contributed by atoms with van der Waals surface area (Å²) in [5, 5.41) is 9.69. The summed E-state index contributed by atoms with van der Waals surface area (Å²) in [6.45, 7) is 1.94. The van der Waals surface area contributed by atoms with E-state index < -0.39 is 0 Å². The van der Waals surface area contributed by atoms with Crippen LogP contribution in [-0.4, -0.2) is 34.1 Å². The Hall–Kier alpha value is -4.11. The zero-order chi connectivity index (χ0) is 21.8. The van der Waals surface area contributed by atoms with Crippen molar-refractivity contribution in [1.29, 1.82) is 0 Å². The molecule has 6 rings (SSSR count). The van der Waals surface area contributed by atoms with Gasteiger partial charge in [0, 0.05) is 36.1 Å². The molecule has 6 aromatic rings. The van der Waals surface area contributed by atoms with Gasteiger partial charge in [-0.2, -0.15) is 10.2 Å². The normalized spacial score (nSPS) is 11.6. The van der Waals surface area contributed by atoms with Crippen LogP contribution in [0, 0.1) is 6.92 Å². The molecule has 0 atom stereocenters. The van der Waals surface area contributed by atoms with Gasteiger partial charge in [-0.15, -0.1) is 11.3 Å². The first-order valence-electron chi connectivity index (χ1n) is 9.99. The maximum absolute atomic E-state index is 13.4. The molecule has 5 heterocycles. The number of nitrogens with zero attached hydrogens (tertiary/aromatic N) is 7. The SMILES string of the molecule is Cc1cccc(-n2nc3c(=O)n(-c4cnn(C)c4)ccc3c2-c2ccc3ncsc3c2)n1. The molecule has 0 fully saturated rings. The van der Waals surface area contributed by atoms with Gasteiger partial charge in [-0.3, -0.25) is 14.0 Å². The quantitative estimate of drug-likeness (QED) is 0.418. The summed E-state index contributed by atoms with van der Waals surface area (Å²) in [6, 6.07) is 13.8. The second-order valence-electron chi connectivity index (χ2n) is 7.56. The lowest BCUT2D eigenvalue weighted by Crippen LogP contribution is -2.17. The topological polar surface area (TPSA) is 83.4 Å². The van der Waals surface area contributed by atoms with Gasteiger partial charge in [0.15, 0.2) is 11.3 Å². The number of aryl methyl sites for hydroxylation is 2. The molecule has 1 aromatic carbocycles. The van der Waals surface area contributed by atoms with Crippen molar-refractivity contribution >= 4 is 32.5 Å². The third kappa shape index (κ3) is 2.86. The average Bonchev–Trinajstić information content (AvgIpc) is 3.51. The van der Waals surface area contributed by atoms with Crippen LogP contribution in [0.15, 0.2) is 71.4 Å². The van der Waals surface area contributed by atoms with Gasteiger partial charge in [0.2, 0.25) is 0 Å². The summed E-state index contributed by atoms with van der Waals surface area (Å²) in [7, 11) is 1.82. The van der Waals surface area contributed by atoms with Crippen LogP contribution in [-0.2, 0) is 7.05 Å². The van der Waals surface area contributed by atoms with Crippen molar-refractivity contribution in [3.63, 3.8) is 0 Å². The van der Waals surface area contributed by atoms with Crippen LogP contribution in [0.25, 0.3) is 43.9 Å². The van der Waals surface area contributed by atoms with Crippen molar-refractivity contribution in [2.75, 3.05) is 0 Å². The molecule has 0 amide bonds. The molecule has 0 spiro atoms. The highest BCUT2D eigenvalue weighted by Crippen LogP contribution is 2.32. The fourth-order valence-corrected chi connectivity index (χ4v) is 4.62. The van der Waals surface area contributed by atoms with Gasteiger partial charge in [-0.05, 0) is 37.3 Å². The van der Waals surface area contributed by atoms with Crippen LogP contribution in [0.4, 0.5) is 0 Å². The molecular weight excluding hydrogens is 422 g/mol. The summed E-state index contributed by atoms with van der Waals surface area (Å²) in [5.41, 5.74) is 6.28. The molecule has 0 aliphatic rings. The van der Waals surface area contributed by atoms with Gasteiger partial charge in [0.1, 0.15) is 0 Å². The molecule has 8 nitrogen and oxygen atoms in total. The van der Waals surface area contributed by atoms with E-state index >= 15 is 0 Å². The molecule has 0 aliphatic carbocycles. The molecule has 0 unspecified atom stereocenters. The van der Waals surface area contributed by atoms with E-state index in [4.69, 9.17) is 5.10 Å². The molecule has 5 aromatic heterocycles. The van der Waals surface area contributed by atoms with E-state index in [0.29, 0.717) is 17.0 Å². The number of rotatable bonds is 3. The first-order chi connectivity index (χ1) is 15.6. The Balaban J connectivity index is 1.67. The lowest BCUT2D eigenvalue weighted by molar-refractivity contribution is 0.767. The number of hydrogen-bond acceptors (Lipinski definition) is 6. The predicted molar refractivity (Wildman–Crippen MR) is 125 cm³/mol. The van der Waals surface area contributed by atoms with E-state index in [0.717, 1.165) is 32.6 Å². The van der Waals surface area contributed by atoms with Crippen LogP contribution in [0.1, 0.15) is 5.69 Å². The Morgan fingerprint density at radius 3 is 2.81 bits per heavy atom. The standard InChI is InChI=1S/C23H17N7OS/c1-14-4-3-5-20(26-14)30-22(15-6-7-18-19(10-15)32-13-24-18)17-8-9-29(23(31)21(17)27-30)16-11-25-28(2)12-16/h3-13H,1-2H3. The minimum Gasteiger partial charge on any atom is -0.279 e. The predicted octanol–water partition coefficient (Wildman–Crippen LogP) is 3.89. The van der Waals surface area contributed by atoms with Gasteiger partial charge in [-0.1, -0.05) is 12.1 Å². The van der Waals surface area contributed by atoms with E-state index in [1.807, 2.05) is 55.9 Å². The Bertz CT molecular complexity index is 1690. The largest absolute Gasteiger partial charge is 0.283 e. The smallest absolute Gasteiger partial charge is 0.279 e. The lowest BCUT2D eigenvalue weighted by atomic mass is 10.1. The molecule has 0 bridgehead atoms. The van der Waals surface area contributed by atoms with Crippen molar-refractivity contribution in [2.45, 2.75) is 6.92 Å². The van der Waals surface area contributed by atoms with Crippen LogP contribution in [0.2, 0.25) is 0 Å². The summed E-state index contributed by atoms with van der Waals surface area (Å²) in [6.07, 6.45) is 5.22. The summed E-state index contributed by atoms with van der Waals surface area (Å²) in [4.78, 5) is 22.5. The van der Waals surface area contributed by atoms with Gasteiger partial charge < -0.3 is 0 Å². The van der Waals surface area contributed by atoms with Gasteiger partial charge >= 0.3 is 0 Å². The molecule has 0 saturated heterocycles. The zero-order valence-electron chi connectivity index (χ0n) is 17.3. The molecule has 32 heavy (non-hydrogen) atoms. The lowest BCUT2D eigenvalue weighted by Gasteiger charge is -2.08. The van der Waals surface area contributed by atoms with E-state index in [1.54, 1.807) is 43.9 Å². The zero-order valence-corrected chi connectivity index (χ0v) is 18.1. The van der Waals surface area contributed by atoms with Crippen molar-refractivity contribution in [1.82, 2.24) is 34.1 Å². The van der Waals surface area contributed by atoms with Gasteiger partial charge in [0.05, 0.1) is 33.3 Å². The van der Waals surface area contributed by atoms with E-state index in [9.17, 15) is 4.79 Å². The van der Waals surface area contributed by atoms with Crippen molar-refractivity contribution in [3.05, 3.63) is 82.6 Å². The van der Waals surface area contributed by atoms with Gasteiger partial charge in [0.25, 0.3) is 5.56 Å². The first-order valence-corrected chi connectivity index (χ1v) is 10.9. The van der Waals surface area contributed by atoms with Crippen LogP contribution < -0.4 is 5.56 Å². The average molecular weight is 440 g/mol. The number of aromatic nitrogens is 7. The molecule has 0 N–H and O–H groups in total. The molecule has 156 valence electrons. The number of hydrogen-bond donors (Lipinski definition) is 0. The summed E-state index contributed by atoms with van der Waals surface area (Å²) >= 11 is 1.58. The fourth-order valence-electron chi connectivity index (χ4n) is 3.91. The van der Waals surface area contributed by atoms with E-state index in [1.165, 1.54) is 0 Å². The van der Waals surface area contributed by atoms with Gasteiger partial charge in [-0.25, -0.2) is 14.6 Å². The van der Waals surface area contributed by atoms with Crippen molar-refractivity contribution in [2.24, 2.45) is 7.05 Å². The highest BCUT2D eigenvalue weighted by molar-refractivity contribution is 7.16. The number of thiazole rings is 1. The summed E-state index contributed by atoms with van der Waals surface area (Å²) in [5.74, 6) is 0.660. The number of benzene rings is 1. The second-order valence-corrected chi connectivity index (χ2v) is 8.44. The van der Waals surface area contributed by atoms with E-state index in [2.05, 4.69) is 21.1 Å². The highest BCUT2D eigenvalue weighted by atomic mass is 32.1. The van der Waals surface area contributed by atoms with Crippen LogP contribution >= 0.6 is 11.3 Å². The maximum atomic E-state index is 13.4. The fraction of sp³-hybridized carbons (Fsp3) is 0.0870. The van der Waals surface area contributed by atoms with Crippen molar-refractivity contribution < 1.29 is 0 Å². The van der Waals surface area contributed by atoms with Crippen LogP contribution in [0.3, 0.4) is 0 Å². The van der Waals surface area contributed by atoms with Crippen LogP contribution in [0.5, 0.6) is 0 Å². The molecular formula is C23H17N7OS. The number of fused-ring (bicyclic) bond motifs is 2. The monoisotopic (exact) mass is 439 g/mol. The first kappa shape index (κ1) is 18.6. The highest BCUT2D eigenvalue weighted by Gasteiger charge is 2.20. The Kier molecular flexibility index (Phi) is 4.05. The van der Waals surface area contributed by atoms with Crippen molar-refractivity contribution in [3.8, 4) is 22.8 Å². The maximum Gasteiger partial charge on any atom is 0.283 e. The molecule has 0 saturated carbocycles. The second kappa shape index (κ2) is 6.96. The third-order valence-electron chi connectivity index (χ3n) is 5.40. The molecule has 9 heteroatoms. The Morgan fingerprint density at radius 1 is 1.09 bits per heavy atom. The third-order valence-corrected chi connectivity index (χ3v) is 6.19. The van der Waals surface area contributed by atoms with E-state index in [-0.39, 0.29) is 5.56 Å². The summed E-state index contributed by atoms with van der Waals surface area (Å²) < 4.78 is 6.06. The minimum absolute atomic E-state index is 0.206.